The zero-order valence-corrected chi connectivity index (χ0v) is 6.93. The molecule has 13 heavy (non-hydrogen) atoms. The first-order chi connectivity index (χ1) is 6.36. The second-order valence-electron chi connectivity index (χ2n) is 2.78. The number of nitrogens with zero attached hydrogens (tertiary/aromatic N) is 1. The van der Waals surface area contributed by atoms with Gasteiger partial charge in [-0.2, -0.15) is 0 Å². The quantitative estimate of drug-likeness (QED) is 0.629. The van der Waals surface area contributed by atoms with Crippen LogP contribution in [-0.4, -0.2) is 30.4 Å². The van der Waals surface area contributed by atoms with Crippen molar-refractivity contribution in [3.8, 4) is 0 Å². The maximum Gasteiger partial charge on any atom is 0.360 e. The number of esters is 1. The van der Waals surface area contributed by atoms with Crippen molar-refractivity contribution in [2.75, 3.05) is 13.2 Å². The highest BCUT2D eigenvalue weighted by molar-refractivity contribution is 5.86. The van der Waals surface area contributed by atoms with Crippen LogP contribution >= 0.6 is 0 Å². The molecule has 0 N–H and O–H groups in total. The fourth-order valence-electron chi connectivity index (χ4n) is 1.14. The standard InChI is InChI=1S/C8H9NO4/c10-8(7-2-4-12-9-7)13-6-1-3-11-5-6/h2,4,6H,1,3,5H2/t6-/m1/s1. The predicted molar refractivity (Wildman–Crippen MR) is 41.1 cm³/mol. The number of ether oxygens (including phenoxy) is 2. The van der Waals surface area contributed by atoms with Crippen LogP contribution in [0.1, 0.15) is 16.9 Å². The van der Waals surface area contributed by atoms with Gasteiger partial charge in [0.25, 0.3) is 0 Å². The fraction of sp³-hybridized carbons (Fsp3) is 0.500. The minimum Gasteiger partial charge on any atom is -0.455 e. The van der Waals surface area contributed by atoms with E-state index >= 15 is 0 Å². The molecule has 5 nitrogen and oxygen atoms in total. The number of hydrogen-bond donors (Lipinski definition) is 0. The van der Waals surface area contributed by atoms with Gasteiger partial charge in [-0.15, -0.1) is 0 Å². The van der Waals surface area contributed by atoms with E-state index in [-0.39, 0.29) is 11.8 Å². The average Bonchev–Trinajstić information content (AvgIpc) is 2.74. The summed E-state index contributed by atoms with van der Waals surface area (Å²) in [5.74, 6) is -0.454. The molecular weight excluding hydrogens is 174 g/mol. The Morgan fingerprint density at radius 1 is 1.69 bits per heavy atom. The Morgan fingerprint density at radius 2 is 2.62 bits per heavy atom. The summed E-state index contributed by atoms with van der Waals surface area (Å²) in [6.07, 6.45) is 1.95. The Morgan fingerprint density at radius 3 is 3.23 bits per heavy atom. The Balaban J connectivity index is 1.91. The lowest BCUT2D eigenvalue weighted by molar-refractivity contribution is 0.0259. The van der Waals surface area contributed by atoms with Crippen molar-refractivity contribution in [1.82, 2.24) is 5.16 Å². The number of hydrogen-bond acceptors (Lipinski definition) is 5. The molecule has 1 aromatic rings. The summed E-state index contributed by atoms with van der Waals surface area (Å²) in [6, 6.07) is 1.47. The summed E-state index contributed by atoms with van der Waals surface area (Å²) in [7, 11) is 0. The second kappa shape index (κ2) is 3.57. The lowest BCUT2D eigenvalue weighted by Gasteiger charge is -2.07. The highest BCUT2D eigenvalue weighted by Crippen LogP contribution is 2.10. The molecule has 0 spiro atoms. The fourth-order valence-corrected chi connectivity index (χ4v) is 1.14. The minimum atomic E-state index is -0.454. The average molecular weight is 183 g/mol. The zero-order valence-electron chi connectivity index (χ0n) is 6.93. The molecule has 2 heterocycles. The van der Waals surface area contributed by atoms with Crippen LogP contribution in [0.4, 0.5) is 0 Å². The Hall–Kier alpha value is -1.36. The van der Waals surface area contributed by atoms with Crippen molar-refractivity contribution in [1.29, 1.82) is 0 Å². The van der Waals surface area contributed by atoms with Crippen LogP contribution in [0.5, 0.6) is 0 Å². The van der Waals surface area contributed by atoms with E-state index in [1.54, 1.807) is 0 Å². The van der Waals surface area contributed by atoms with Crippen molar-refractivity contribution in [2.45, 2.75) is 12.5 Å². The van der Waals surface area contributed by atoms with Crippen molar-refractivity contribution in [2.24, 2.45) is 0 Å². The molecule has 1 atom stereocenters. The van der Waals surface area contributed by atoms with Gasteiger partial charge in [0.2, 0.25) is 0 Å². The lowest BCUT2D eigenvalue weighted by atomic mass is 10.3. The summed E-state index contributed by atoms with van der Waals surface area (Å²) in [5, 5.41) is 3.47. The van der Waals surface area contributed by atoms with Crippen molar-refractivity contribution in [3.05, 3.63) is 18.0 Å². The van der Waals surface area contributed by atoms with Gasteiger partial charge in [0, 0.05) is 12.5 Å². The molecule has 1 aliphatic rings. The van der Waals surface area contributed by atoms with Gasteiger partial charge in [0.1, 0.15) is 12.4 Å². The normalized spacial score (nSPS) is 21.7. The van der Waals surface area contributed by atoms with E-state index in [0.717, 1.165) is 6.42 Å². The molecule has 0 unspecified atom stereocenters. The number of carbonyl (C=O) groups excluding carboxylic acids is 1. The molecule has 2 rings (SSSR count). The summed E-state index contributed by atoms with van der Waals surface area (Å²) in [5.41, 5.74) is 0.201. The summed E-state index contributed by atoms with van der Waals surface area (Å²) < 4.78 is 14.6. The van der Waals surface area contributed by atoms with E-state index in [0.29, 0.717) is 13.2 Å². The summed E-state index contributed by atoms with van der Waals surface area (Å²) in [6.45, 7) is 1.13. The molecular formula is C8H9NO4. The predicted octanol–water partition coefficient (Wildman–Crippen LogP) is 0.620. The van der Waals surface area contributed by atoms with E-state index in [1.807, 2.05) is 0 Å². The molecule has 5 heteroatoms. The van der Waals surface area contributed by atoms with E-state index in [1.165, 1.54) is 12.3 Å². The van der Waals surface area contributed by atoms with Gasteiger partial charge in [-0.25, -0.2) is 4.79 Å². The molecule has 0 saturated carbocycles. The third kappa shape index (κ3) is 1.86. The third-order valence-electron chi connectivity index (χ3n) is 1.81. The monoisotopic (exact) mass is 183 g/mol. The molecule has 1 saturated heterocycles. The minimum absolute atomic E-state index is 0.135. The molecule has 0 aromatic carbocycles. The zero-order chi connectivity index (χ0) is 9.10. The first-order valence-electron chi connectivity index (χ1n) is 4.05. The number of rotatable bonds is 2. The molecule has 1 aromatic heterocycles. The van der Waals surface area contributed by atoms with E-state index in [4.69, 9.17) is 9.47 Å². The van der Waals surface area contributed by atoms with Crippen molar-refractivity contribution in [3.63, 3.8) is 0 Å². The SMILES string of the molecule is O=C(O[C@@H]1CCOC1)c1ccon1. The van der Waals surface area contributed by atoms with Gasteiger partial charge in [-0.1, -0.05) is 5.16 Å². The van der Waals surface area contributed by atoms with Gasteiger partial charge in [-0.05, 0) is 0 Å². The van der Waals surface area contributed by atoms with Crippen LogP contribution in [0.25, 0.3) is 0 Å². The molecule has 1 aliphatic heterocycles. The second-order valence-corrected chi connectivity index (χ2v) is 2.78. The number of aromatic nitrogens is 1. The third-order valence-corrected chi connectivity index (χ3v) is 1.81. The van der Waals surface area contributed by atoms with Crippen LogP contribution < -0.4 is 0 Å². The summed E-state index contributed by atoms with van der Waals surface area (Å²) >= 11 is 0. The van der Waals surface area contributed by atoms with Crippen LogP contribution in [0.15, 0.2) is 16.9 Å². The van der Waals surface area contributed by atoms with Crippen LogP contribution in [0.3, 0.4) is 0 Å². The Labute approximate surface area is 74.6 Å². The van der Waals surface area contributed by atoms with Crippen LogP contribution in [0.2, 0.25) is 0 Å². The smallest absolute Gasteiger partial charge is 0.360 e. The Bertz CT molecular complexity index is 276. The summed E-state index contributed by atoms with van der Waals surface area (Å²) in [4.78, 5) is 11.3. The molecule has 1 fully saturated rings. The van der Waals surface area contributed by atoms with Gasteiger partial charge in [-0.3, -0.25) is 0 Å². The first-order valence-corrected chi connectivity index (χ1v) is 4.05. The topological polar surface area (TPSA) is 61.6 Å². The lowest BCUT2D eigenvalue weighted by Crippen LogP contribution is -2.18. The van der Waals surface area contributed by atoms with E-state index in [2.05, 4.69) is 9.68 Å². The van der Waals surface area contributed by atoms with Crippen LogP contribution in [-0.2, 0) is 9.47 Å². The number of carbonyl (C=O) groups is 1. The Kier molecular flexibility index (Phi) is 2.27. The van der Waals surface area contributed by atoms with Gasteiger partial charge in [0.05, 0.1) is 13.2 Å². The molecule has 0 amide bonds. The highest BCUT2D eigenvalue weighted by atomic mass is 16.6. The first kappa shape index (κ1) is 8.25. The van der Waals surface area contributed by atoms with Crippen LogP contribution in [0, 0.1) is 0 Å². The molecule has 70 valence electrons. The van der Waals surface area contributed by atoms with Gasteiger partial charge < -0.3 is 14.0 Å². The van der Waals surface area contributed by atoms with Gasteiger partial charge in [0.15, 0.2) is 5.69 Å². The molecule has 0 radical (unpaired) electrons. The molecule has 0 bridgehead atoms. The van der Waals surface area contributed by atoms with E-state index < -0.39 is 5.97 Å². The van der Waals surface area contributed by atoms with E-state index in [9.17, 15) is 4.79 Å². The maximum atomic E-state index is 11.3. The van der Waals surface area contributed by atoms with Crippen molar-refractivity contribution < 1.29 is 18.8 Å². The molecule has 0 aliphatic carbocycles. The van der Waals surface area contributed by atoms with Gasteiger partial charge >= 0.3 is 5.97 Å². The largest absolute Gasteiger partial charge is 0.455 e. The van der Waals surface area contributed by atoms with Crippen molar-refractivity contribution >= 4 is 5.97 Å². The maximum absolute atomic E-state index is 11.3. The highest BCUT2D eigenvalue weighted by Gasteiger charge is 2.21.